The third-order valence-corrected chi connectivity index (χ3v) is 5.46. The summed E-state index contributed by atoms with van der Waals surface area (Å²) in [5.74, 6) is 1.31. The highest BCUT2D eigenvalue weighted by Crippen LogP contribution is 2.27. The Morgan fingerprint density at radius 3 is 2.60 bits per heavy atom. The van der Waals surface area contributed by atoms with E-state index in [0.29, 0.717) is 6.54 Å². The number of carbonyl (C=O) groups is 1. The zero-order valence-corrected chi connectivity index (χ0v) is 16.1. The van der Waals surface area contributed by atoms with Crippen LogP contribution in [-0.2, 0) is 17.8 Å². The summed E-state index contributed by atoms with van der Waals surface area (Å²) in [5.41, 5.74) is 3.58. The average Bonchev–Trinajstić information content (AvgIpc) is 2.60. The van der Waals surface area contributed by atoms with Gasteiger partial charge in [-0.05, 0) is 37.5 Å². The number of amides is 1. The van der Waals surface area contributed by atoms with E-state index >= 15 is 0 Å². The quantitative estimate of drug-likeness (QED) is 0.615. The van der Waals surface area contributed by atoms with Gasteiger partial charge in [-0.25, -0.2) is 9.97 Å². The van der Waals surface area contributed by atoms with Crippen molar-refractivity contribution < 1.29 is 4.79 Å². The number of carbonyl (C=O) groups excluding carboxylic acids is 1. The van der Waals surface area contributed by atoms with Gasteiger partial charge in [-0.15, -0.1) is 0 Å². The number of nitrogens with zero attached hydrogens (tertiary/aromatic N) is 3. The largest absolute Gasteiger partial charge is 0.337 e. The molecule has 2 heterocycles. The van der Waals surface area contributed by atoms with Crippen LogP contribution < -0.4 is 0 Å². The van der Waals surface area contributed by atoms with Crippen molar-refractivity contribution in [3.63, 3.8) is 0 Å². The predicted molar refractivity (Wildman–Crippen MR) is 102 cm³/mol. The first-order chi connectivity index (χ1) is 11.9. The van der Waals surface area contributed by atoms with Crippen molar-refractivity contribution in [3.05, 3.63) is 53.0 Å². The Hall–Kier alpha value is -1.88. The topological polar surface area (TPSA) is 46.1 Å². The van der Waals surface area contributed by atoms with Gasteiger partial charge in [0, 0.05) is 24.7 Å². The number of benzene rings is 1. The molecule has 1 aliphatic rings. The zero-order chi connectivity index (χ0) is 18.0. The van der Waals surface area contributed by atoms with Crippen LogP contribution in [0.25, 0.3) is 0 Å². The third-order valence-electron chi connectivity index (χ3n) is 4.45. The summed E-state index contributed by atoms with van der Waals surface area (Å²) in [6.45, 7) is 9.62. The van der Waals surface area contributed by atoms with Gasteiger partial charge in [0.25, 0.3) is 0 Å². The van der Waals surface area contributed by atoms with Crippen molar-refractivity contribution in [2.45, 2.75) is 56.9 Å². The van der Waals surface area contributed by atoms with Crippen molar-refractivity contribution in [1.29, 1.82) is 0 Å². The molecule has 0 saturated carbocycles. The lowest BCUT2D eigenvalue weighted by Gasteiger charge is -2.30. The average molecular weight is 356 g/mol. The first-order valence-electron chi connectivity index (χ1n) is 8.82. The molecule has 0 aliphatic carbocycles. The normalized spacial score (nSPS) is 15.2. The molecule has 4 nitrogen and oxygen atoms in total. The molecular formula is C20H25N3OS. The number of hydrogen-bond donors (Lipinski definition) is 0. The summed E-state index contributed by atoms with van der Waals surface area (Å²) in [6.07, 6.45) is 0.934. The highest BCUT2D eigenvalue weighted by molar-refractivity contribution is 8.00. The molecule has 1 atom stereocenters. The molecule has 1 aliphatic heterocycles. The van der Waals surface area contributed by atoms with Gasteiger partial charge in [-0.1, -0.05) is 49.9 Å². The molecule has 0 spiro atoms. The van der Waals surface area contributed by atoms with Gasteiger partial charge in [-0.3, -0.25) is 4.79 Å². The van der Waals surface area contributed by atoms with E-state index < -0.39 is 0 Å². The maximum atomic E-state index is 12.9. The predicted octanol–water partition coefficient (Wildman–Crippen LogP) is 3.97. The minimum atomic E-state index is -0.153. The van der Waals surface area contributed by atoms with Gasteiger partial charge < -0.3 is 4.90 Å². The minimum Gasteiger partial charge on any atom is -0.337 e. The number of rotatable bonds is 4. The number of thioether (sulfide) groups is 1. The second kappa shape index (κ2) is 7.56. The van der Waals surface area contributed by atoms with Crippen LogP contribution in [0.3, 0.4) is 0 Å². The van der Waals surface area contributed by atoms with Crippen molar-refractivity contribution in [3.8, 4) is 0 Å². The maximum absolute atomic E-state index is 12.9. The number of fused-ring (bicyclic) bond motifs is 1. The monoisotopic (exact) mass is 355 g/mol. The lowest BCUT2D eigenvalue weighted by Crippen LogP contribution is -2.40. The smallest absolute Gasteiger partial charge is 0.236 e. The Balaban J connectivity index is 1.69. The molecule has 5 heteroatoms. The summed E-state index contributed by atoms with van der Waals surface area (Å²) in [6, 6.07) is 10.4. The van der Waals surface area contributed by atoms with Crippen LogP contribution in [0.1, 0.15) is 49.3 Å². The molecule has 0 saturated heterocycles. The van der Waals surface area contributed by atoms with E-state index in [1.807, 2.05) is 30.9 Å². The minimum absolute atomic E-state index is 0.153. The van der Waals surface area contributed by atoms with Crippen LogP contribution in [0.15, 0.2) is 35.4 Å². The standard InChI is InChI=1S/C20H25N3OS/c1-13(2)19-21-14(3)11-18(22-19)25-15(4)20(24)23-10-9-16-7-5-6-8-17(16)12-23/h5-8,11,13,15H,9-10,12H2,1-4H3/t15-/m1/s1. The fourth-order valence-corrected chi connectivity index (χ4v) is 4.05. The molecule has 2 aromatic rings. The Kier molecular flexibility index (Phi) is 5.42. The van der Waals surface area contributed by atoms with E-state index in [-0.39, 0.29) is 17.1 Å². The van der Waals surface area contributed by atoms with E-state index in [1.165, 1.54) is 22.9 Å². The Morgan fingerprint density at radius 1 is 1.16 bits per heavy atom. The van der Waals surface area contributed by atoms with Crippen LogP contribution in [0, 0.1) is 6.92 Å². The molecule has 0 bridgehead atoms. The molecule has 25 heavy (non-hydrogen) atoms. The maximum Gasteiger partial charge on any atom is 0.236 e. The van der Waals surface area contributed by atoms with E-state index in [2.05, 4.69) is 42.0 Å². The van der Waals surface area contributed by atoms with Crippen molar-refractivity contribution in [1.82, 2.24) is 14.9 Å². The molecule has 1 aromatic heterocycles. The highest BCUT2D eigenvalue weighted by Gasteiger charge is 2.25. The number of aromatic nitrogens is 2. The summed E-state index contributed by atoms with van der Waals surface area (Å²) in [7, 11) is 0. The van der Waals surface area contributed by atoms with Crippen LogP contribution in [0.4, 0.5) is 0 Å². The Labute approximate surface area is 154 Å². The van der Waals surface area contributed by atoms with Crippen molar-refractivity contribution in [2.24, 2.45) is 0 Å². The third kappa shape index (κ3) is 4.21. The van der Waals surface area contributed by atoms with E-state index in [0.717, 1.165) is 29.5 Å². The molecule has 0 unspecified atom stereocenters. The van der Waals surface area contributed by atoms with E-state index in [4.69, 9.17) is 0 Å². The van der Waals surface area contributed by atoms with Crippen LogP contribution in [-0.4, -0.2) is 32.6 Å². The second-order valence-electron chi connectivity index (χ2n) is 6.90. The van der Waals surface area contributed by atoms with Gasteiger partial charge in [0.05, 0.1) is 5.25 Å². The van der Waals surface area contributed by atoms with Crippen molar-refractivity contribution >= 4 is 17.7 Å². The molecule has 3 rings (SSSR count). The molecular weight excluding hydrogens is 330 g/mol. The summed E-state index contributed by atoms with van der Waals surface area (Å²) in [5, 5.41) is 0.731. The fourth-order valence-electron chi connectivity index (χ4n) is 3.05. The lowest BCUT2D eigenvalue weighted by atomic mass is 10.00. The molecule has 132 valence electrons. The molecule has 0 N–H and O–H groups in total. The molecule has 0 radical (unpaired) electrons. The lowest BCUT2D eigenvalue weighted by molar-refractivity contribution is -0.131. The van der Waals surface area contributed by atoms with Gasteiger partial charge in [0.15, 0.2) is 0 Å². The fraction of sp³-hybridized carbons (Fsp3) is 0.450. The van der Waals surface area contributed by atoms with Gasteiger partial charge >= 0.3 is 0 Å². The number of aryl methyl sites for hydroxylation is 1. The molecule has 1 amide bonds. The number of hydrogen-bond acceptors (Lipinski definition) is 4. The summed E-state index contributed by atoms with van der Waals surface area (Å²) < 4.78 is 0. The van der Waals surface area contributed by atoms with Crippen LogP contribution in [0.2, 0.25) is 0 Å². The van der Waals surface area contributed by atoms with Gasteiger partial charge in [-0.2, -0.15) is 0 Å². The molecule has 1 aromatic carbocycles. The van der Waals surface area contributed by atoms with Crippen molar-refractivity contribution in [2.75, 3.05) is 6.54 Å². The summed E-state index contributed by atoms with van der Waals surface area (Å²) >= 11 is 1.53. The van der Waals surface area contributed by atoms with Crippen LogP contribution >= 0.6 is 11.8 Å². The van der Waals surface area contributed by atoms with Crippen LogP contribution in [0.5, 0.6) is 0 Å². The Morgan fingerprint density at radius 2 is 1.88 bits per heavy atom. The van der Waals surface area contributed by atoms with E-state index in [9.17, 15) is 4.79 Å². The highest BCUT2D eigenvalue weighted by atomic mass is 32.2. The van der Waals surface area contributed by atoms with E-state index in [1.54, 1.807) is 0 Å². The summed E-state index contributed by atoms with van der Waals surface area (Å²) in [4.78, 5) is 23.9. The van der Waals surface area contributed by atoms with Gasteiger partial charge in [0.1, 0.15) is 10.9 Å². The van der Waals surface area contributed by atoms with Gasteiger partial charge in [0.2, 0.25) is 5.91 Å². The zero-order valence-electron chi connectivity index (χ0n) is 15.3. The molecule has 0 fully saturated rings. The first kappa shape index (κ1) is 17.9. The first-order valence-corrected chi connectivity index (χ1v) is 9.70. The Bertz CT molecular complexity index is 775. The second-order valence-corrected chi connectivity index (χ2v) is 8.26. The SMILES string of the molecule is Cc1cc(S[C@H](C)C(=O)N2CCc3ccccc3C2)nc(C(C)C)n1.